The van der Waals surface area contributed by atoms with Crippen LogP contribution in [0.25, 0.3) is 5.65 Å². The first-order valence-corrected chi connectivity index (χ1v) is 6.90. The molecule has 0 unspecified atom stereocenters. The van der Waals surface area contributed by atoms with Gasteiger partial charge in [-0.1, -0.05) is 37.3 Å². The van der Waals surface area contributed by atoms with Crippen molar-refractivity contribution in [1.29, 1.82) is 0 Å². The van der Waals surface area contributed by atoms with Gasteiger partial charge in [0.2, 0.25) is 5.95 Å². The monoisotopic (exact) mass is 266 g/mol. The Kier molecular flexibility index (Phi) is 3.37. The predicted molar refractivity (Wildman–Crippen MR) is 80.9 cm³/mol. The number of benzene rings is 1. The number of pyridine rings is 1. The van der Waals surface area contributed by atoms with Crippen LogP contribution in [0.15, 0.2) is 42.6 Å². The molecule has 0 saturated carbocycles. The number of hydrogen-bond donors (Lipinski definition) is 1. The summed E-state index contributed by atoms with van der Waals surface area (Å²) in [7, 11) is 0. The van der Waals surface area contributed by atoms with Crippen molar-refractivity contribution in [2.45, 2.75) is 26.8 Å². The molecule has 4 nitrogen and oxygen atoms in total. The highest BCUT2D eigenvalue weighted by molar-refractivity contribution is 5.50. The lowest BCUT2D eigenvalue weighted by Crippen LogP contribution is -2.03. The molecule has 1 aromatic carbocycles. The fourth-order valence-corrected chi connectivity index (χ4v) is 2.36. The van der Waals surface area contributed by atoms with Crippen LogP contribution < -0.4 is 5.32 Å². The van der Waals surface area contributed by atoms with Gasteiger partial charge in [-0.2, -0.15) is 4.98 Å². The van der Waals surface area contributed by atoms with E-state index in [1.807, 2.05) is 29.8 Å². The minimum Gasteiger partial charge on any atom is -0.349 e. The van der Waals surface area contributed by atoms with Crippen molar-refractivity contribution in [3.05, 3.63) is 59.3 Å². The number of aryl methyl sites for hydroxylation is 2. The van der Waals surface area contributed by atoms with Crippen LogP contribution in [0.1, 0.15) is 23.6 Å². The van der Waals surface area contributed by atoms with Gasteiger partial charge in [-0.3, -0.25) is 0 Å². The quantitative estimate of drug-likeness (QED) is 0.788. The lowest BCUT2D eigenvalue weighted by molar-refractivity contribution is 0.942. The molecule has 20 heavy (non-hydrogen) atoms. The fourth-order valence-electron chi connectivity index (χ4n) is 2.36. The van der Waals surface area contributed by atoms with Crippen molar-refractivity contribution < 1.29 is 0 Å². The number of anilines is 1. The maximum atomic E-state index is 4.52. The van der Waals surface area contributed by atoms with Gasteiger partial charge >= 0.3 is 0 Å². The second kappa shape index (κ2) is 5.33. The van der Waals surface area contributed by atoms with Crippen molar-refractivity contribution in [2.24, 2.45) is 0 Å². The molecule has 0 bridgehead atoms. The van der Waals surface area contributed by atoms with Crippen LogP contribution in [0.4, 0.5) is 5.95 Å². The minimum absolute atomic E-state index is 0.671. The van der Waals surface area contributed by atoms with Crippen LogP contribution in [0.5, 0.6) is 0 Å². The Morgan fingerprint density at radius 3 is 2.65 bits per heavy atom. The molecule has 2 heterocycles. The second-order valence-electron chi connectivity index (χ2n) is 4.87. The topological polar surface area (TPSA) is 42.2 Å². The van der Waals surface area contributed by atoms with Gasteiger partial charge in [-0.05, 0) is 36.1 Å². The van der Waals surface area contributed by atoms with Crippen molar-refractivity contribution in [3.8, 4) is 0 Å². The molecule has 0 aliphatic rings. The molecule has 3 rings (SSSR count). The molecule has 0 aliphatic heterocycles. The minimum atomic E-state index is 0.671. The molecular weight excluding hydrogens is 248 g/mol. The third kappa shape index (κ3) is 2.37. The number of fused-ring (bicyclic) bond motifs is 1. The van der Waals surface area contributed by atoms with Gasteiger partial charge in [0.15, 0.2) is 5.65 Å². The summed E-state index contributed by atoms with van der Waals surface area (Å²) >= 11 is 0. The summed E-state index contributed by atoms with van der Waals surface area (Å²) in [6.45, 7) is 4.96. The highest BCUT2D eigenvalue weighted by atomic mass is 15.3. The summed E-state index contributed by atoms with van der Waals surface area (Å²) in [6.07, 6.45) is 2.95. The van der Waals surface area contributed by atoms with E-state index in [1.165, 1.54) is 11.1 Å². The zero-order chi connectivity index (χ0) is 13.9. The third-order valence-corrected chi connectivity index (χ3v) is 3.49. The van der Waals surface area contributed by atoms with E-state index in [1.54, 1.807) is 0 Å². The number of aromatic nitrogens is 3. The molecule has 0 radical (unpaired) electrons. The van der Waals surface area contributed by atoms with Crippen LogP contribution in [0.3, 0.4) is 0 Å². The van der Waals surface area contributed by atoms with E-state index in [9.17, 15) is 0 Å². The molecule has 2 aromatic heterocycles. The fraction of sp³-hybridized carbons (Fsp3) is 0.250. The molecule has 0 saturated heterocycles. The molecule has 4 heteroatoms. The highest BCUT2D eigenvalue weighted by Crippen LogP contribution is 2.13. The first kappa shape index (κ1) is 12.7. The van der Waals surface area contributed by atoms with Crippen LogP contribution in [0.2, 0.25) is 0 Å². The zero-order valence-corrected chi connectivity index (χ0v) is 11.8. The summed E-state index contributed by atoms with van der Waals surface area (Å²) in [5.41, 5.74) is 4.69. The van der Waals surface area contributed by atoms with Gasteiger partial charge in [0.1, 0.15) is 0 Å². The van der Waals surface area contributed by atoms with Gasteiger partial charge in [-0.25, -0.2) is 4.52 Å². The van der Waals surface area contributed by atoms with Gasteiger partial charge in [-0.15, -0.1) is 5.10 Å². The van der Waals surface area contributed by atoms with E-state index >= 15 is 0 Å². The van der Waals surface area contributed by atoms with Gasteiger partial charge in [0, 0.05) is 12.7 Å². The number of nitrogens with one attached hydrogen (secondary N) is 1. The van der Waals surface area contributed by atoms with Gasteiger partial charge < -0.3 is 5.32 Å². The van der Waals surface area contributed by atoms with E-state index in [2.05, 4.69) is 46.6 Å². The number of hydrogen-bond acceptors (Lipinski definition) is 3. The smallest absolute Gasteiger partial charge is 0.243 e. The van der Waals surface area contributed by atoms with E-state index in [0.717, 1.165) is 24.2 Å². The average molecular weight is 266 g/mol. The number of nitrogens with zero attached hydrogens (tertiary/aromatic N) is 3. The van der Waals surface area contributed by atoms with Gasteiger partial charge in [0.05, 0.1) is 0 Å². The Labute approximate surface area is 118 Å². The average Bonchev–Trinajstić information content (AvgIpc) is 2.90. The van der Waals surface area contributed by atoms with Crippen LogP contribution in [-0.4, -0.2) is 14.6 Å². The van der Waals surface area contributed by atoms with Crippen LogP contribution in [-0.2, 0) is 13.0 Å². The molecule has 0 atom stereocenters. The first-order chi connectivity index (χ1) is 9.78. The van der Waals surface area contributed by atoms with E-state index < -0.39 is 0 Å². The molecule has 0 spiro atoms. The Morgan fingerprint density at radius 2 is 1.90 bits per heavy atom. The molecule has 102 valence electrons. The molecule has 0 fully saturated rings. The lowest BCUT2D eigenvalue weighted by atomic mass is 10.1. The first-order valence-electron chi connectivity index (χ1n) is 6.90. The van der Waals surface area contributed by atoms with Crippen molar-refractivity contribution >= 4 is 11.6 Å². The summed E-state index contributed by atoms with van der Waals surface area (Å²) in [4.78, 5) is 4.52. The number of rotatable bonds is 4. The third-order valence-electron chi connectivity index (χ3n) is 3.49. The van der Waals surface area contributed by atoms with Crippen LogP contribution >= 0.6 is 0 Å². The van der Waals surface area contributed by atoms with Gasteiger partial charge in [0.25, 0.3) is 0 Å². The van der Waals surface area contributed by atoms with Crippen molar-refractivity contribution in [1.82, 2.24) is 14.6 Å². The Bertz CT molecular complexity index is 730. The standard InChI is InChI=1S/C16H18N4/c1-3-13-8-4-5-9-14(13)11-17-16-18-15-12(2)7-6-10-20(15)19-16/h4-10H,3,11H2,1-2H3,(H,17,19). The summed E-state index contributed by atoms with van der Waals surface area (Å²) < 4.78 is 1.81. The highest BCUT2D eigenvalue weighted by Gasteiger charge is 2.06. The maximum absolute atomic E-state index is 4.52. The van der Waals surface area contributed by atoms with E-state index in [-0.39, 0.29) is 0 Å². The molecule has 3 aromatic rings. The maximum Gasteiger partial charge on any atom is 0.243 e. The van der Waals surface area contributed by atoms with Crippen LogP contribution in [0, 0.1) is 6.92 Å². The summed E-state index contributed by atoms with van der Waals surface area (Å²) in [5, 5.41) is 7.75. The SMILES string of the molecule is CCc1ccccc1CNc1nc2c(C)cccn2n1. The summed E-state index contributed by atoms with van der Waals surface area (Å²) in [6, 6.07) is 12.5. The Morgan fingerprint density at radius 1 is 1.10 bits per heavy atom. The Hall–Kier alpha value is -2.36. The lowest BCUT2D eigenvalue weighted by Gasteiger charge is -2.07. The largest absolute Gasteiger partial charge is 0.349 e. The summed E-state index contributed by atoms with van der Waals surface area (Å²) in [5.74, 6) is 0.671. The predicted octanol–water partition coefficient (Wildman–Crippen LogP) is 3.21. The molecular formula is C16H18N4. The molecule has 0 aliphatic carbocycles. The van der Waals surface area contributed by atoms with E-state index in [0.29, 0.717) is 5.95 Å². The second-order valence-corrected chi connectivity index (χ2v) is 4.87. The van der Waals surface area contributed by atoms with Crippen molar-refractivity contribution in [3.63, 3.8) is 0 Å². The molecule has 1 N–H and O–H groups in total. The van der Waals surface area contributed by atoms with Crippen molar-refractivity contribution in [2.75, 3.05) is 5.32 Å². The molecule has 0 amide bonds. The zero-order valence-electron chi connectivity index (χ0n) is 11.8. The van der Waals surface area contributed by atoms with E-state index in [4.69, 9.17) is 0 Å². The Balaban J connectivity index is 1.82. The normalized spacial score (nSPS) is 10.9.